The molecule has 304 valence electrons. The Morgan fingerprint density at radius 1 is 0.338 bits per heavy atom. The highest BCUT2D eigenvalue weighted by Crippen LogP contribution is 2.43. The monoisotopic (exact) mass is 832 g/mol. The van der Waals surface area contributed by atoms with Gasteiger partial charge in [-0.2, -0.15) is 9.97 Å². The number of hydrogen-bond acceptors (Lipinski definition) is 5. The molecule has 0 N–H and O–H groups in total. The van der Waals surface area contributed by atoms with Crippen LogP contribution in [0, 0.1) is 0 Å². The van der Waals surface area contributed by atoms with Crippen LogP contribution < -0.4 is 0 Å². The summed E-state index contributed by atoms with van der Waals surface area (Å²) in [5.74, 6) is 2.19. The summed E-state index contributed by atoms with van der Waals surface area (Å²) in [7, 11) is 0. The van der Waals surface area contributed by atoms with Crippen molar-refractivity contribution in [3.8, 4) is 68.1 Å². The summed E-state index contributed by atoms with van der Waals surface area (Å²) in [5.41, 5.74) is 13.7. The molecule has 0 aliphatic carbocycles. The van der Waals surface area contributed by atoms with Gasteiger partial charge < -0.3 is 8.98 Å². The third-order valence-electron chi connectivity index (χ3n) is 12.4. The van der Waals surface area contributed by atoms with Gasteiger partial charge in [-0.1, -0.05) is 170 Å². The molecule has 9 aromatic carbocycles. The Morgan fingerprint density at radius 2 is 0.862 bits per heavy atom. The second-order valence-corrected chi connectivity index (χ2v) is 16.2. The second-order valence-electron chi connectivity index (χ2n) is 16.2. The Bertz CT molecular complexity index is 3910. The van der Waals surface area contributed by atoms with Gasteiger partial charge in [-0.3, -0.25) is 4.57 Å². The predicted octanol–water partition coefficient (Wildman–Crippen LogP) is 14.5. The van der Waals surface area contributed by atoms with Crippen molar-refractivity contribution >= 4 is 54.7 Å². The summed E-state index contributed by atoms with van der Waals surface area (Å²) in [6.45, 7) is 0. The van der Waals surface area contributed by atoms with Crippen molar-refractivity contribution in [1.82, 2.24) is 29.1 Å². The molecule has 0 aliphatic heterocycles. The normalized spacial score (nSPS) is 11.7. The molecule has 0 aliphatic rings. The zero-order valence-electron chi connectivity index (χ0n) is 34.9. The molecule has 13 rings (SSSR count). The maximum absolute atomic E-state index is 6.80. The zero-order chi connectivity index (χ0) is 42.8. The van der Waals surface area contributed by atoms with Gasteiger partial charge >= 0.3 is 0 Å². The Kier molecular flexibility index (Phi) is 8.39. The summed E-state index contributed by atoms with van der Waals surface area (Å²) in [6, 6.07) is 75.7. The van der Waals surface area contributed by atoms with Crippen molar-refractivity contribution in [2.45, 2.75) is 0 Å². The molecule has 0 fully saturated rings. The van der Waals surface area contributed by atoms with Gasteiger partial charge in [0.05, 0.1) is 33.1 Å². The van der Waals surface area contributed by atoms with E-state index in [1.165, 1.54) is 16.5 Å². The maximum atomic E-state index is 6.80. The van der Waals surface area contributed by atoms with Gasteiger partial charge in [0.15, 0.2) is 17.2 Å². The topological polar surface area (TPSA) is 74.6 Å². The third kappa shape index (κ3) is 6.05. The summed E-state index contributed by atoms with van der Waals surface area (Å²) in [6.07, 6.45) is 0. The summed E-state index contributed by atoms with van der Waals surface area (Å²) in [5, 5.41) is 4.25. The first-order chi connectivity index (χ1) is 32.2. The minimum absolute atomic E-state index is 0.489. The molecular weight excluding hydrogens is 797 g/mol. The second kappa shape index (κ2) is 14.9. The number of aromatic nitrogens is 6. The number of benzene rings is 9. The first-order valence-corrected chi connectivity index (χ1v) is 21.7. The minimum atomic E-state index is 0.489. The average Bonchev–Trinajstić information content (AvgIpc) is 4.08. The number of hydrogen-bond donors (Lipinski definition) is 0. The maximum Gasteiger partial charge on any atom is 0.238 e. The van der Waals surface area contributed by atoms with Crippen LogP contribution in [0.5, 0.6) is 0 Å². The Morgan fingerprint density at radius 3 is 1.57 bits per heavy atom. The molecule has 0 bridgehead atoms. The lowest BCUT2D eigenvalue weighted by atomic mass is 10.0. The van der Waals surface area contributed by atoms with Crippen molar-refractivity contribution in [3.63, 3.8) is 0 Å². The summed E-state index contributed by atoms with van der Waals surface area (Å²) >= 11 is 0. The number of para-hydroxylation sites is 2. The Labute approximate surface area is 373 Å². The predicted molar refractivity (Wildman–Crippen MR) is 263 cm³/mol. The molecule has 0 amide bonds. The van der Waals surface area contributed by atoms with E-state index in [1.807, 2.05) is 72.8 Å². The lowest BCUT2D eigenvalue weighted by molar-refractivity contribution is 0.623. The first kappa shape index (κ1) is 36.7. The van der Waals surface area contributed by atoms with Crippen LogP contribution in [-0.4, -0.2) is 29.1 Å². The van der Waals surface area contributed by atoms with Gasteiger partial charge in [0, 0.05) is 32.8 Å². The largest absolute Gasteiger partial charge is 0.435 e. The van der Waals surface area contributed by atoms with Crippen LogP contribution in [-0.2, 0) is 0 Å². The van der Waals surface area contributed by atoms with E-state index in [4.69, 9.17) is 24.4 Å². The van der Waals surface area contributed by atoms with Crippen LogP contribution in [0.2, 0.25) is 0 Å². The summed E-state index contributed by atoms with van der Waals surface area (Å²) < 4.78 is 11.4. The molecule has 13 aromatic rings. The molecule has 7 nitrogen and oxygen atoms in total. The molecule has 4 aromatic heterocycles. The molecule has 4 heterocycles. The number of rotatable bonds is 7. The van der Waals surface area contributed by atoms with Gasteiger partial charge in [-0.25, -0.2) is 9.97 Å². The van der Waals surface area contributed by atoms with E-state index in [0.29, 0.717) is 29.1 Å². The molecule has 0 saturated heterocycles. The van der Waals surface area contributed by atoms with Crippen LogP contribution in [0.1, 0.15) is 0 Å². The number of oxazole rings is 1. The molecule has 7 heteroatoms. The number of nitrogens with zero attached hydrogens (tertiary/aromatic N) is 6. The Balaban J connectivity index is 1.12. The molecule has 0 atom stereocenters. The quantitative estimate of drug-likeness (QED) is 0.160. The molecule has 0 spiro atoms. The first-order valence-electron chi connectivity index (χ1n) is 21.7. The van der Waals surface area contributed by atoms with Gasteiger partial charge in [0.2, 0.25) is 11.8 Å². The van der Waals surface area contributed by atoms with E-state index in [0.717, 1.165) is 77.2 Å². The van der Waals surface area contributed by atoms with Crippen molar-refractivity contribution in [2.24, 2.45) is 0 Å². The fourth-order valence-corrected chi connectivity index (χ4v) is 9.40. The minimum Gasteiger partial charge on any atom is -0.435 e. The standard InChI is InChI=1S/C58H36N6O/c1-5-16-37(17-6-1)39-28-30-41(31-29-39)56-60-55(40-20-9-3-10-21-40)61-58(62-56)64-50-35-33-47-54(65-57(59-47)42-22-11-4-12-23-42)52(50)45-25-15-27-51(53(45)64)63-48-26-14-13-24-44(48)46-36-43(32-34-49(46)63)38-18-7-2-8-19-38/h1-36H. The van der Waals surface area contributed by atoms with Crippen LogP contribution >= 0.6 is 0 Å². The highest BCUT2D eigenvalue weighted by Gasteiger charge is 2.25. The van der Waals surface area contributed by atoms with Gasteiger partial charge in [-0.15, -0.1) is 0 Å². The molecule has 0 saturated carbocycles. The van der Waals surface area contributed by atoms with E-state index in [2.05, 4.69) is 155 Å². The Hall–Kier alpha value is -8.94. The van der Waals surface area contributed by atoms with Crippen molar-refractivity contribution < 1.29 is 4.42 Å². The van der Waals surface area contributed by atoms with Gasteiger partial charge in [-0.05, 0) is 70.8 Å². The van der Waals surface area contributed by atoms with Crippen molar-refractivity contribution in [1.29, 1.82) is 0 Å². The van der Waals surface area contributed by atoms with Crippen LogP contribution in [0.15, 0.2) is 223 Å². The zero-order valence-corrected chi connectivity index (χ0v) is 34.9. The van der Waals surface area contributed by atoms with Crippen LogP contribution in [0.3, 0.4) is 0 Å². The van der Waals surface area contributed by atoms with E-state index in [1.54, 1.807) is 0 Å². The highest BCUT2D eigenvalue weighted by atomic mass is 16.3. The third-order valence-corrected chi connectivity index (χ3v) is 12.4. The van der Waals surface area contributed by atoms with Crippen LogP contribution in [0.4, 0.5) is 0 Å². The van der Waals surface area contributed by atoms with E-state index >= 15 is 0 Å². The molecule has 0 unspecified atom stereocenters. The van der Waals surface area contributed by atoms with Crippen LogP contribution in [0.25, 0.3) is 123 Å². The highest BCUT2D eigenvalue weighted by molar-refractivity contribution is 6.21. The smallest absolute Gasteiger partial charge is 0.238 e. The molecular formula is C58H36N6O. The van der Waals surface area contributed by atoms with E-state index < -0.39 is 0 Å². The molecule has 65 heavy (non-hydrogen) atoms. The SMILES string of the molecule is c1ccc(-c2ccc(-c3nc(-c4ccccc4)nc(-n4c5ccc6nc(-c7ccccc7)oc6c5c5cccc(-n6c7ccccc7c7cc(-c8ccccc8)ccc76)c54)n3)cc2)cc1. The fourth-order valence-electron chi connectivity index (χ4n) is 9.40. The number of fused-ring (bicyclic) bond motifs is 8. The van der Waals surface area contributed by atoms with Gasteiger partial charge in [0.1, 0.15) is 5.52 Å². The van der Waals surface area contributed by atoms with E-state index in [9.17, 15) is 0 Å². The van der Waals surface area contributed by atoms with E-state index in [-0.39, 0.29) is 0 Å². The lowest BCUT2D eigenvalue weighted by Crippen LogP contribution is -2.08. The average molecular weight is 833 g/mol. The van der Waals surface area contributed by atoms with Crippen molar-refractivity contribution in [2.75, 3.05) is 0 Å². The molecule has 0 radical (unpaired) electrons. The summed E-state index contributed by atoms with van der Waals surface area (Å²) in [4.78, 5) is 20.9. The lowest BCUT2D eigenvalue weighted by Gasteiger charge is -2.15. The van der Waals surface area contributed by atoms with Crippen molar-refractivity contribution in [3.05, 3.63) is 218 Å². The van der Waals surface area contributed by atoms with Gasteiger partial charge in [0.25, 0.3) is 0 Å². The fraction of sp³-hybridized carbons (Fsp3) is 0.